The number of hydrogen-bond donors (Lipinski definition) is 2. The molecule has 18 heavy (non-hydrogen) atoms. The van der Waals surface area contributed by atoms with Gasteiger partial charge in [0.2, 0.25) is 0 Å². The third-order valence-electron chi connectivity index (χ3n) is 2.10. The number of nitrogens with two attached hydrogens (primary N) is 1. The summed E-state index contributed by atoms with van der Waals surface area (Å²) in [5, 5.41) is 10.8. The highest BCUT2D eigenvalue weighted by Gasteiger charge is 2.39. The summed E-state index contributed by atoms with van der Waals surface area (Å²) in [4.78, 5) is 9.91. The quantitative estimate of drug-likeness (QED) is 0.495. The molecule has 0 aliphatic heterocycles. The van der Waals surface area contributed by atoms with E-state index in [0.29, 0.717) is 0 Å². The number of rotatable bonds is 4. The van der Waals surface area contributed by atoms with Crippen LogP contribution in [0, 0.1) is 10.1 Å². The lowest BCUT2D eigenvalue weighted by molar-refractivity contribution is -0.385. The first-order valence-electron chi connectivity index (χ1n) is 4.74. The van der Waals surface area contributed by atoms with E-state index in [1.807, 2.05) is 5.43 Å². The van der Waals surface area contributed by atoms with Crippen LogP contribution in [-0.2, 0) is 0 Å². The molecule has 0 aromatic heterocycles. The van der Waals surface area contributed by atoms with Crippen molar-refractivity contribution in [2.45, 2.75) is 19.2 Å². The Morgan fingerprint density at radius 3 is 2.56 bits per heavy atom. The molecule has 1 unspecified atom stereocenters. The lowest BCUT2D eigenvalue weighted by Crippen LogP contribution is -2.31. The van der Waals surface area contributed by atoms with Crippen LogP contribution in [0.25, 0.3) is 0 Å². The standard InChI is InChI=1S/C9H10F3N3O3/c1-5(9(10,11)12)18-7-4-2-3-6(14-13)8(7)15(16)17/h2-5,14H,13H2,1H3. The van der Waals surface area contributed by atoms with Gasteiger partial charge in [-0.25, -0.2) is 0 Å². The summed E-state index contributed by atoms with van der Waals surface area (Å²) in [6.07, 6.45) is -6.77. The highest BCUT2D eigenvalue weighted by molar-refractivity contribution is 5.67. The van der Waals surface area contributed by atoms with Crippen LogP contribution in [0.1, 0.15) is 6.92 Å². The van der Waals surface area contributed by atoms with Crippen LogP contribution in [0.3, 0.4) is 0 Å². The van der Waals surface area contributed by atoms with Crippen molar-refractivity contribution in [3.63, 3.8) is 0 Å². The van der Waals surface area contributed by atoms with Crippen molar-refractivity contribution in [3.8, 4) is 5.75 Å². The molecular weight excluding hydrogens is 255 g/mol. The molecule has 0 saturated heterocycles. The number of para-hydroxylation sites is 1. The Bertz CT molecular complexity index is 450. The fraction of sp³-hybridized carbons (Fsp3) is 0.333. The van der Waals surface area contributed by atoms with E-state index >= 15 is 0 Å². The van der Waals surface area contributed by atoms with Gasteiger partial charge in [-0.1, -0.05) is 6.07 Å². The summed E-state index contributed by atoms with van der Waals surface area (Å²) >= 11 is 0. The Labute approximate surface area is 99.6 Å². The van der Waals surface area contributed by atoms with Gasteiger partial charge in [-0.15, -0.1) is 0 Å². The predicted molar refractivity (Wildman–Crippen MR) is 57.1 cm³/mol. The fourth-order valence-electron chi connectivity index (χ4n) is 1.18. The summed E-state index contributed by atoms with van der Waals surface area (Å²) in [5.41, 5.74) is 1.25. The molecule has 6 nitrogen and oxygen atoms in total. The second-order valence-electron chi connectivity index (χ2n) is 3.36. The fourth-order valence-corrected chi connectivity index (χ4v) is 1.18. The number of nitrogen functional groups attached to an aromatic ring is 1. The van der Waals surface area contributed by atoms with Crippen molar-refractivity contribution >= 4 is 11.4 Å². The molecule has 9 heteroatoms. The molecule has 0 heterocycles. The number of nitro benzene ring substituents is 1. The van der Waals surface area contributed by atoms with Crippen LogP contribution < -0.4 is 16.0 Å². The van der Waals surface area contributed by atoms with Crippen LogP contribution in [0.15, 0.2) is 18.2 Å². The van der Waals surface area contributed by atoms with E-state index < -0.39 is 28.6 Å². The van der Waals surface area contributed by atoms with Crippen LogP contribution >= 0.6 is 0 Å². The van der Waals surface area contributed by atoms with Gasteiger partial charge >= 0.3 is 11.9 Å². The van der Waals surface area contributed by atoms with E-state index in [-0.39, 0.29) is 5.69 Å². The maximum Gasteiger partial charge on any atom is 0.425 e. The zero-order valence-electron chi connectivity index (χ0n) is 9.19. The van der Waals surface area contributed by atoms with E-state index in [4.69, 9.17) is 5.84 Å². The second-order valence-corrected chi connectivity index (χ2v) is 3.36. The number of hydrogen-bond acceptors (Lipinski definition) is 5. The zero-order valence-corrected chi connectivity index (χ0v) is 9.19. The number of alkyl halides is 3. The number of benzene rings is 1. The third-order valence-corrected chi connectivity index (χ3v) is 2.10. The van der Waals surface area contributed by atoms with Gasteiger partial charge < -0.3 is 10.2 Å². The van der Waals surface area contributed by atoms with Crippen molar-refractivity contribution in [2.24, 2.45) is 5.84 Å². The van der Waals surface area contributed by atoms with E-state index in [1.165, 1.54) is 12.1 Å². The molecule has 1 atom stereocenters. The molecule has 0 spiro atoms. The number of nitrogens with one attached hydrogen (secondary N) is 1. The minimum atomic E-state index is -4.61. The molecule has 1 rings (SSSR count). The predicted octanol–water partition coefficient (Wildman–Crippen LogP) is 2.21. The Morgan fingerprint density at radius 1 is 1.50 bits per heavy atom. The van der Waals surface area contributed by atoms with Gasteiger partial charge in [0.1, 0.15) is 5.69 Å². The minimum absolute atomic E-state index is 0.133. The van der Waals surface area contributed by atoms with Gasteiger partial charge in [-0.3, -0.25) is 16.0 Å². The molecule has 1 aromatic carbocycles. The average Bonchev–Trinajstić information content (AvgIpc) is 2.26. The van der Waals surface area contributed by atoms with Crippen LogP contribution in [0.4, 0.5) is 24.5 Å². The summed E-state index contributed by atoms with van der Waals surface area (Å²) in [5.74, 6) is 4.54. The zero-order chi connectivity index (χ0) is 13.9. The maximum atomic E-state index is 12.3. The molecule has 0 radical (unpaired) electrons. The number of anilines is 1. The van der Waals surface area contributed by atoms with Gasteiger partial charge in [0, 0.05) is 0 Å². The first kappa shape index (κ1) is 14.0. The normalized spacial score (nSPS) is 12.9. The second kappa shape index (κ2) is 5.08. The Kier molecular flexibility index (Phi) is 3.96. The molecule has 0 amide bonds. The Balaban J connectivity index is 3.13. The Morgan fingerprint density at radius 2 is 2.11 bits per heavy atom. The summed E-state index contributed by atoms with van der Waals surface area (Å²) in [7, 11) is 0. The average molecular weight is 265 g/mol. The van der Waals surface area contributed by atoms with Gasteiger partial charge in [-0.05, 0) is 19.1 Å². The third kappa shape index (κ3) is 3.00. The first-order valence-corrected chi connectivity index (χ1v) is 4.74. The molecule has 0 aliphatic rings. The number of nitrogens with zero attached hydrogens (tertiary/aromatic N) is 1. The van der Waals surface area contributed by atoms with Crippen molar-refractivity contribution in [3.05, 3.63) is 28.3 Å². The van der Waals surface area contributed by atoms with E-state index in [0.717, 1.165) is 13.0 Å². The van der Waals surface area contributed by atoms with Crippen molar-refractivity contribution in [1.29, 1.82) is 0 Å². The number of halogens is 3. The molecule has 0 saturated carbocycles. The topological polar surface area (TPSA) is 90.4 Å². The lowest BCUT2D eigenvalue weighted by atomic mass is 10.2. The Hall–Kier alpha value is -2.03. The van der Waals surface area contributed by atoms with E-state index in [9.17, 15) is 23.3 Å². The summed E-state index contributed by atoms with van der Waals surface area (Å²) in [6, 6.07) is 3.62. The van der Waals surface area contributed by atoms with Crippen LogP contribution in [0.2, 0.25) is 0 Å². The van der Waals surface area contributed by atoms with Gasteiger partial charge in [0.15, 0.2) is 11.9 Å². The number of nitro groups is 1. The molecule has 0 aliphatic carbocycles. The van der Waals surface area contributed by atoms with Crippen LogP contribution in [0.5, 0.6) is 5.75 Å². The largest absolute Gasteiger partial charge is 0.474 e. The summed E-state index contributed by atoms with van der Waals surface area (Å²) in [6.45, 7) is 0.756. The first-order chi connectivity index (χ1) is 8.27. The van der Waals surface area contributed by atoms with Gasteiger partial charge in [0.05, 0.1) is 4.92 Å². The molecule has 0 fully saturated rings. The molecule has 0 bridgehead atoms. The van der Waals surface area contributed by atoms with Gasteiger partial charge in [-0.2, -0.15) is 13.2 Å². The van der Waals surface area contributed by atoms with Crippen molar-refractivity contribution in [2.75, 3.05) is 5.43 Å². The monoisotopic (exact) mass is 265 g/mol. The number of ether oxygens (including phenoxy) is 1. The smallest absolute Gasteiger partial charge is 0.425 e. The molecule has 100 valence electrons. The lowest BCUT2D eigenvalue weighted by Gasteiger charge is -2.18. The van der Waals surface area contributed by atoms with Gasteiger partial charge in [0.25, 0.3) is 0 Å². The SMILES string of the molecule is CC(Oc1cccc(NN)c1[N+](=O)[O-])C(F)(F)F. The van der Waals surface area contributed by atoms with Crippen molar-refractivity contribution in [1.82, 2.24) is 0 Å². The minimum Gasteiger partial charge on any atom is -0.474 e. The van der Waals surface area contributed by atoms with Crippen molar-refractivity contribution < 1.29 is 22.8 Å². The van der Waals surface area contributed by atoms with Crippen LogP contribution in [-0.4, -0.2) is 17.2 Å². The van der Waals surface area contributed by atoms with E-state index in [2.05, 4.69) is 4.74 Å². The molecule has 1 aromatic rings. The van der Waals surface area contributed by atoms with E-state index in [1.54, 1.807) is 0 Å². The maximum absolute atomic E-state index is 12.3. The highest BCUT2D eigenvalue weighted by atomic mass is 19.4. The highest BCUT2D eigenvalue weighted by Crippen LogP contribution is 2.36. The number of hydrazine groups is 1. The molecular formula is C9H10F3N3O3. The molecule has 3 N–H and O–H groups in total. The summed E-state index contributed by atoms with van der Waals surface area (Å²) < 4.78 is 41.5.